The van der Waals surface area contributed by atoms with Crippen molar-refractivity contribution in [1.82, 2.24) is 15.0 Å². The molecule has 1 aromatic heterocycles. The van der Waals surface area contributed by atoms with Crippen molar-refractivity contribution >= 4 is 5.91 Å². The molecule has 0 aliphatic rings. The summed E-state index contributed by atoms with van der Waals surface area (Å²) in [6, 6.07) is 0. The van der Waals surface area contributed by atoms with Crippen LogP contribution in [0.1, 0.15) is 16.5 Å². The largest absolute Gasteiger partial charge is 0.341 e. The van der Waals surface area contributed by atoms with Crippen molar-refractivity contribution in [3.63, 3.8) is 0 Å². The molecule has 66 valence electrons. The molecule has 6 nitrogen and oxygen atoms in total. The first-order chi connectivity index (χ1) is 5.65. The van der Waals surface area contributed by atoms with Crippen LogP contribution in [-0.2, 0) is 6.54 Å². The van der Waals surface area contributed by atoms with Crippen LogP contribution in [0, 0.1) is 0 Å². The number of aromatic nitrogens is 2. The Labute approximate surface area is 69.3 Å². The van der Waals surface area contributed by atoms with Crippen molar-refractivity contribution in [2.24, 2.45) is 5.73 Å². The Morgan fingerprint density at radius 1 is 1.67 bits per heavy atom. The predicted octanol–water partition coefficient (Wildman–Crippen LogP) is -0.770. The zero-order chi connectivity index (χ0) is 9.14. The van der Waals surface area contributed by atoms with Crippen LogP contribution < -0.4 is 5.73 Å². The van der Waals surface area contributed by atoms with E-state index in [1.54, 1.807) is 14.1 Å². The third-order valence-corrected chi connectivity index (χ3v) is 1.24. The summed E-state index contributed by atoms with van der Waals surface area (Å²) in [6.45, 7) is 0.171. The van der Waals surface area contributed by atoms with Gasteiger partial charge in [0.2, 0.25) is 0 Å². The van der Waals surface area contributed by atoms with Crippen LogP contribution in [0.15, 0.2) is 4.52 Å². The Morgan fingerprint density at radius 3 is 2.75 bits per heavy atom. The molecule has 0 radical (unpaired) electrons. The summed E-state index contributed by atoms with van der Waals surface area (Å²) in [5.74, 6) is -0.0112. The van der Waals surface area contributed by atoms with Crippen molar-refractivity contribution < 1.29 is 9.32 Å². The molecule has 0 atom stereocenters. The third-order valence-electron chi connectivity index (χ3n) is 1.24. The van der Waals surface area contributed by atoms with Crippen molar-refractivity contribution in [1.29, 1.82) is 0 Å². The van der Waals surface area contributed by atoms with E-state index in [2.05, 4.69) is 14.7 Å². The fourth-order valence-electron chi connectivity index (χ4n) is 0.615. The number of hydrogen-bond donors (Lipinski definition) is 1. The van der Waals surface area contributed by atoms with Crippen molar-refractivity contribution in [2.75, 3.05) is 14.1 Å². The third kappa shape index (κ3) is 1.59. The molecule has 0 unspecified atom stereocenters. The number of rotatable bonds is 2. The van der Waals surface area contributed by atoms with Crippen LogP contribution in [0.5, 0.6) is 0 Å². The monoisotopic (exact) mass is 170 g/mol. The maximum Gasteiger partial charge on any atom is 0.316 e. The lowest BCUT2D eigenvalue weighted by molar-refractivity contribution is 0.0779. The van der Waals surface area contributed by atoms with Gasteiger partial charge < -0.3 is 15.2 Å². The lowest BCUT2D eigenvalue weighted by atomic mass is 10.5. The molecule has 0 aromatic carbocycles. The average molecular weight is 170 g/mol. The van der Waals surface area contributed by atoms with E-state index in [0.29, 0.717) is 5.82 Å². The highest BCUT2D eigenvalue weighted by atomic mass is 16.5. The Bertz CT molecular complexity index is 281. The first-order valence-corrected chi connectivity index (χ1v) is 3.39. The molecule has 12 heavy (non-hydrogen) atoms. The van der Waals surface area contributed by atoms with Crippen LogP contribution in [0.25, 0.3) is 0 Å². The molecule has 0 saturated heterocycles. The first kappa shape index (κ1) is 8.66. The van der Waals surface area contributed by atoms with Gasteiger partial charge in [-0.15, -0.1) is 0 Å². The highest BCUT2D eigenvalue weighted by Crippen LogP contribution is 1.98. The van der Waals surface area contributed by atoms with E-state index < -0.39 is 0 Å². The summed E-state index contributed by atoms with van der Waals surface area (Å²) in [5.41, 5.74) is 5.23. The maximum absolute atomic E-state index is 11.2. The molecular formula is C6H10N4O2. The summed E-state index contributed by atoms with van der Waals surface area (Å²) in [5, 5.41) is 3.48. The summed E-state index contributed by atoms with van der Waals surface area (Å²) < 4.78 is 4.65. The number of nitrogens with zero attached hydrogens (tertiary/aromatic N) is 3. The standard InChI is InChI=1S/C6H10N4O2/c1-10(2)6(11)5-8-4(3-7)9-12-5/h3,7H2,1-2H3. The van der Waals surface area contributed by atoms with E-state index in [0.717, 1.165) is 0 Å². The van der Waals surface area contributed by atoms with Gasteiger partial charge in [0, 0.05) is 14.1 Å². The van der Waals surface area contributed by atoms with Gasteiger partial charge in [0.1, 0.15) is 0 Å². The van der Waals surface area contributed by atoms with Gasteiger partial charge in [-0.25, -0.2) is 0 Å². The topological polar surface area (TPSA) is 85.2 Å². The number of nitrogens with two attached hydrogens (primary N) is 1. The van der Waals surface area contributed by atoms with Gasteiger partial charge >= 0.3 is 11.8 Å². The minimum Gasteiger partial charge on any atom is -0.341 e. The molecule has 0 fully saturated rings. The van der Waals surface area contributed by atoms with Crippen molar-refractivity contribution in [3.05, 3.63) is 11.7 Å². The van der Waals surface area contributed by atoms with Gasteiger partial charge in [-0.2, -0.15) is 4.98 Å². The molecule has 0 saturated carbocycles. The molecule has 0 bridgehead atoms. The van der Waals surface area contributed by atoms with Crippen LogP contribution in [0.2, 0.25) is 0 Å². The molecular weight excluding hydrogens is 160 g/mol. The van der Waals surface area contributed by atoms with Gasteiger partial charge in [0.05, 0.1) is 6.54 Å². The lowest BCUT2D eigenvalue weighted by Crippen LogP contribution is -2.22. The van der Waals surface area contributed by atoms with Crippen LogP contribution in [0.3, 0.4) is 0 Å². The first-order valence-electron chi connectivity index (χ1n) is 3.39. The van der Waals surface area contributed by atoms with Gasteiger partial charge in [0.15, 0.2) is 5.82 Å². The molecule has 0 spiro atoms. The summed E-state index contributed by atoms with van der Waals surface area (Å²) in [6.07, 6.45) is 0. The van der Waals surface area contributed by atoms with E-state index in [1.807, 2.05) is 0 Å². The zero-order valence-corrected chi connectivity index (χ0v) is 6.94. The SMILES string of the molecule is CN(C)C(=O)c1nc(CN)no1. The molecule has 1 amide bonds. The lowest BCUT2D eigenvalue weighted by Gasteiger charge is -2.04. The highest BCUT2D eigenvalue weighted by molar-refractivity contribution is 5.89. The quantitative estimate of drug-likeness (QED) is 0.630. The number of carbonyl (C=O) groups excluding carboxylic acids is 1. The normalized spacial score (nSPS) is 9.92. The minimum absolute atomic E-state index is 0.0274. The van der Waals surface area contributed by atoms with Gasteiger partial charge in [0.25, 0.3) is 0 Å². The fraction of sp³-hybridized carbons (Fsp3) is 0.500. The van der Waals surface area contributed by atoms with E-state index in [4.69, 9.17) is 5.73 Å². The second kappa shape index (κ2) is 3.31. The Morgan fingerprint density at radius 2 is 2.33 bits per heavy atom. The Hall–Kier alpha value is -1.43. The van der Waals surface area contributed by atoms with E-state index in [1.165, 1.54) is 4.90 Å². The predicted molar refractivity (Wildman–Crippen MR) is 40.2 cm³/mol. The number of hydrogen-bond acceptors (Lipinski definition) is 5. The second-order valence-electron chi connectivity index (χ2n) is 2.42. The van der Waals surface area contributed by atoms with Gasteiger partial charge in [-0.05, 0) is 0 Å². The van der Waals surface area contributed by atoms with E-state index in [9.17, 15) is 4.79 Å². The van der Waals surface area contributed by atoms with Crippen LogP contribution in [-0.4, -0.2) is 35.0 Å². The smallest absolute Gasteiger partial charge is 0.316 e. The number of carbonyl (C=O) groups is 1. The summed E-state index contributed by atoms with van der Waals surface area (Å²) in [7, 11) is 3.21. The molecule has 2 N–H and O–H groups in total. The highest BCUT2D eigenvalue weighted by Gasteiger charge is 2.15. The van der Waals surface area contributed by atoms with E-state index in [-0.39, 0.29) is 18.3 Å². The molecule has 1 rings (SSSR count). The van der Waals surface area contributed by atoms with Crippen molar-refractivity contribution in [2.45, 2.75) is 6.54 Å². The van der Waals surface area contributed by atoms with Gasteiger partial charge in [-0.3, -0.25) is 4.79 Å². The second-order valence-corrected chi connectivity index (χ2v) is 2.42. The number of amides is 1. The maximum atomic E-state index is 11.2. The molecule has 1 heterocycles. The minimum atomic E-state index is -0.317. The Balaban J connectivity index is 2.82. The van der Waals surface area contributed by atoms with Crippen molar-refractivity contribution in [3.8, 4) is 0 Å². The fourth-order valence-corrected chi connectivity index (χ4v) is 0.615. The zero-order valence-electron chi connectivity index (χ0n) is 6.94. The molecule has 1 aromatic rings. The summed E-state index contributed by atoms with van der Waals surface area (Å²) >= 11 is 0. The van der Waals surface area contributed by atoms with Gasteiger partial charge in [-0.1, -0.05) is 5.16 Å². The Kier molecular flexibility index (Phi) is 2.39. The van der Waals surface area contributed by atoms with E-state index >= 15 is 0 Å². The molecule has 0 aliphatic heterocycles. The molecule has 0 aliphatic carbocycles. The average Bonchev–Trinajstić information content (AvgIpc) is 2.50. The summed E-state index contributed by atoms with van der Waals surface area (Å²) in [4.78, 5) is 16.3. The van der Waals surface area contributed by atoms with Crippen LogP contribution >= 0.6 is 0 Å². The van der Waals surface area contributed by atoms with Crippen LogP contribution in [0.4, 0.5) is 0 Å². The molecule has 6 heteroatoms.